The van der Waals surface area contributed by atoms with Crippen LogP contribution in [0.15, 0.2) is 78.6 Å². The molecule has 0 spiro atoms. The summed E-state index contributed by atoms with van der Waals surface area (Å²) in [6.45, 7) is 3.49. The van der Waals surface area contributed by atoms with Gasteiger partial charge in [-0.2, -0.15) is 0 Å². The molecule has 1 aliphatic carbocycles. The number of rotatable bonds is 6. The molecule has 0 saturated heterocycles. The van der Waals surface area contributed by atoms with E-state index in [0.29, 0.717) is 17.8 Å². The Kier molecular flexibility index (Phi) is 6.32. The molecule has 4 heterocycles. The van der Waals surface area contributed by atoms with Gasteiger partial charge >= 0.3 is 6.03 Å². The van der Waals surface area contributed by atoms with E-state index in [1.165, 1.54) is 17.8 Å². The largest absolute Gasteiger partial charge is 0.352 e. The van der Waals surface area contributed by atoms with Crippen LogP contribution >= 0.6 is 11.8 Å². The van der Waals surface area contributed by atoms with Crippen molar-refractivity contribution in [3.8, 4) is 11.3 Å². The van der Waals surface area contributed by atoms with Crippen LogP contribution in [0.25, 0.3) is 11.3 Å². The number of carbonyl (C=O) groups is 3. The minimum absolute atomic E-state index is 0.0107. The summed E-state index contributed by atoms with van der Waals surface area (Å²) >= 11 is 1.37. The van der Waals surface area contributed by atoms with E-state index >= 15 is 0 Å². The molecule has 3 aromatic rings. The van der Waals surface area contributed by atoms with Crippen LogP contribution in [0.3, 0.4) is 0 Å². The van der Waals surface area contributed by atoms with Crippen molar-refractivity contribution in [1.82, 2.24) is 25.9 Å². The standard InChI is InChI=1S/C28H26N6O3S/c1-2-22(35)31-17-8-9-18(14-17)32-26(36)25-24-23-21(11-13-30-27(23)38-25)34(28(37)33-24)19-10-12-29-20(15-19)16-6-4-3-5-7-16/h2-7,10-13,15,17-18,24-25H,1,8-9,14H2,(H,31,35)(H,32,36)(H,33,37)/t17-,18+,24?,25?/m1/s1. The topological polar surface area (TPSA) is 116 Å². The van der Waals surface area contributed by atoms with Crippen LogP contribution in [-0.4, -0.2) is 45.1 Å². The molecule has 4 amide bonds. The zero-order valence-electron chi connectivity index (χ0n) is 20.5. The van der Waals surface area contributed by atoms with E-state index in [-0.39, 0.29) is 29.9 Å². The molecule has 3 N–H and O–H groups in total. The summed E-state index contributed by atoms with van der Waals surface area (Å²) in [5, 5.41) is 9.29. The lowest BCUT2D eigenvalue weighted by atomic mass is 9.99. The molecular weight excluding hydrogens is 500 g/mol. The molecule has 9 nitrogen and oxygen atoms in total. The number of aromatic nitrogens is 2. The second-order valence-corrected chi connectivity index (χ2v) is 10.7. The fraction of sp³-hybridized carbons (Fsp3) is 0.250. The third kappa shape index (κ3) is 4.41. The van der Waals surface area contributed by atoms with Gasteiger partial charge in [0.25, 0.3) is 0 Å². The van der Waals surface area contributed by atoms with Crippen molar-refractivity contribution in [2.45, 2.75) is 47.7 Å². The number of carbonyl (C=O) groups excluding carboxylic acids is 3. The SMILES string of the molecule is C=CC(=O)N[C@@H]1CC[C@H](NC(=O)C2Sc3nccc4c3C2NC(=O)N4c2ccnc(-c3ccccc3)c2)C1. The maximum Gasteiger partial charge on any atom is 0.327 e. The highest BCUT2D eigenvalue weighted by Crippen LogP contribution is 2.50. The zero-order chi connectivity index (χ0) is 26.2. The fourth-order valence-electron chi connectivity index (χ4n) is 5.39. The molecule has 1 aromatic carbocycles. The lowest BCUT2D eigenvalue weighted by Gasteiger charge is -2.34. The second kappa shape index (κ2) is 9.94. The predicted molar refractivity (Wildman–Crippen MR) is 145 cm³/mol. The summed E-state index contributed by atoms with van der Waals surface area (Å²) in [6, 6.07) is 14.5. The number of hydrogen-bond donors (Lipinski definition) is 3. The van der Waals surface area contributed by atoms with Crippen LogP contribution in [0.4, 0.5) is 16.2 Å². The van der Waals surface area contributed by atoms with E-state index in [0.717, 1.165) is 34.7 Å². The molecule has 2 aliphatic heterocycles. The highest BCUT2D eigenvalue weighted by Gasteiger charge is 2.47. The predicted octanol–water partition coefficient (Wildman–Crippen LogP) is 3.86. The summed E-state index contributed by atoms with van der Waals surface area (Å²) < 4.78 is 0. The van der Waals surface area contributed by atoms with Gasteiger partial charge in [0.1, 0.15) is 10.3 Å². The molecule has 1 saturated carbocycles. The average Bonchev–Trinajstić information content (AvgIpc) is 3.54. The Morgan fingerprint density at radius 3 is 2.61 bits per heavy atom. The van der Waals surface area contributed by atoms with Crippen molar-refractivity contribution in [3.05, 3.63) is 79.1 Å². The maximum atomic E-state index is 13.5. The number of amides is 4. The van der Waals surface area contributed by atoms with Gasteiger partial charge in [-0.3, -0.25) is 19.5 Å². The van der Waals surface area contributed by atoms with Crippen LogP contribution in [0, 0.1) is 0 Å². The molecule has 4 atom stereocenters. The first kappa shape index (κ1) is 24.2. The van der Waals surface area contributed by atoms with Gasteiger partial charge in [0.2, 0.25) is 11.8 Å². The molecular formula is C28H26N6O3S. The van der Waals surface area contributed by atoms with Gasteiger partial charge in [-0.05, 0) is 43.5 Å². The molecule has 2 aromatic heterocycles. The Morgan fingerprint density at radius 1 is 1.05 bits per heavy atom. The lowest BCUT2D eigenvalue weighted by molar-refractivity contribution is -0.121. The normalized spacial score (nSPS) is 23.4. The molecule has 38 heavy (non-hydrogen) atoms. The Hall–Kier alpha value is -4.18. The summed E-state index contributed by atoms with van der Waals surface area (Å²) in [5.41, 5.74) is 3.95. The molecule has 2 unspecified atom stereocenters. The third-order valence-electron chi connectivity index (χ3n) is 7.15. The van der Waals surface area contributed by atoms with E-state index in [2.05, 4.69) is 32.5 Å². The zero-order valence-corrected chi connectivity index (χ0v) is 21.3. The Balaban J connectivity index is 1.23. The molecule has 0 bridgehead atoms. The first-order valence-corrected chi connectivity index (χ1v) is 13.4. The van der Waals surface area contributed by atoms with E-state index < -0.39 is 11.3 Å². The first-order chi connectivity index (χ1) is 18.5. The Labute approximate surface area is 224 Å². The van der Waals surface area contributed by atoms with Crippen LogP contribution in [0.5, 0.6) is 0 Å². The van der Waals surface area contributed by atoms with Gasteiger partial charge in [-0.1, -0.05) is 48.7 Å². The van der Waals surface area contributed by atoms with Crippen molar-refractivity contribution in [3.63, 3.8) is 0 Å². The number of anilines is 2. The summed E-state index contributed by atoms with van der Waals surface area (Å²) in [7, 11) is 0. The summed E-state index contributed by atoms with van der Waals surface area (Å²) in [4.78, 5) is 49.1. The van der Waals surface area contributed by atoms with E-state index in [1.54, 1.807) is 23.4 Å². The van der Waals surface area contributed by atoms with E-state index in [1.807, 2.05) is 42.5 Å². The minimum Gasteiger partial charge on any atom is -0.352 e. The summed E-state index contributed by atoms with van der Waals surface area (Å²) in [6.07, 6.45) is 6.85. The van der Waals surface area contributed by atoms with E-state index in [4.69, 9.17) is 0 Å². The number of nitrogens with one attached hydrogen (secondary N) is 3. The lowest BCUT2D eigenvalue weighted by Crippen LogP contribution is -2.50. The van der Waals surface area contributed by atoms with Gasteiger partial charge in [-0.15, -0.1) is 0 Å². The van der Waals surface area contributed by atoms with Gasteiger partial charge in [0.15, 0.2) is 0 Å². The van der Waals surface area contributed by atoms with Gasteiger partial charge < -0.3 is 16.0 Å². The molecule has 1 fully saturated rings. The van der Waals surface area contributed by atoms with Crippen molar-refractivity contribution in [1.29, 1.82) is 0 Å². The quantitative estimate of drug-likeness (QED) is 0.420. The fourth-order valence-corrected chi connectivity index (χ4v) is 6.63. The molecule has 3 aliphatic rings. The van der Waals surface area contributed by atoms with Crippen molar-refractivity contribution < 1.29 is 14.4 Å². The van der Waals surface area contributed by atoms with Gasteiger partial charge in [-0.25, -0.2) is 9.78 Å². The van der Waals surface area contributed by atoms with Crippen LogP contribution in [-0.2, 0) is 9.59 Å². The third-order valence-corrected chi connectivity index (χ3v) is 8.44. The smallest absolute Gasteiger partial charge is 0.327 e. The molecule has 192 valence electrons. The first-order valence-electron chi connectivity index (χ1n) is 12.5. The highest BCUT2D eigenvalue weighted by molar-refractivity contribution is 8.01. The van der Waals surface area contributed by atoms with Crippen LogP contribution < -0.4 is 20.9 Å². The molecule has 0 radical (unpaired) electrons. The summed E-state index contributed by atoms with van der Waals surface area (Å²) in [5.74, 6) is -0.351. The number of hydrogen-bond acceptors (Lipinski definition) is 6. The van der Waals surface area contributed by atoms with E-state index in [9.17, 15) is 14.4 Å². The number of nitrogens with zero attached hydrogens (tertiary/aromatic N) is 3. The number of benzene rings is 1. The minimum atomic E-state index is -0.538. The number of urea groups is 1. The Bertz CT molecular complexity index is 1430. The molecule has 6 rings (SSSR count). The monoisotopic (exact) mass is 526 g/mol. The number of thioether (sulfide) groups is 1. The van der Waals surface area contributed by atoms with Crippen molar-refractivity contribution in [2.75, 3.05) is 4.90 Å². The Morgan fingerprint density at radius 2 is 1.82 bits per heavy atom. The highest BCUT2D eigenvalue weighted by atomic mass is 32.2. The average molecular weight is 527 g/mol. The molecule has 10 heteroatoms. The second-order valence-electron chi connectivity index (χ2n) is 9.54. The van der Waals surface area contributed by atoms with Crippen molar-refractivity contribution in [2.24, 2.45) is 0 Å². The van der Waals surface area contributed by atoms with Crippen LogP contribution in [0.1, 0.15) is 30.9 Å². The van der Waals surface area contributed by atoms with Gasteiger partial charge in [0, 0.05) is 35.6 Å². The maximum absolute atomic E-state index is 13.5. The number of pyridine rings is 2. The van der Waals surface area contributed by atoms with Crippen molar-refractivity contribution >= 4 is 41.0 Å². The van der Waals surface area contributed by atoms with Crippen LogP contribution in [0.2, 0.25) is 0 Å². The van der Waals surface area contributed by atoms with Gasteiger partial charge in [0.05, 0.1) is 23.1 Å².